The molecule has 0 aliphatic rings. The monoisotopic (exact) mass is 480 g/mol. The zero-order chi connectivity index (χ0) is 24.8. The smallest absolute Gasteiger partial charge is 0.337 e. The van der Waals surface area contributed by atoms with Crippen molar-refractivity contribution in [2.45, 2.75) is 70.7 Å². The second kappa shape index (κ2) is 15.3. The summed E-state index contributed by atoms with van der Waals surface area (Å²) in [5.41, 5.74) is 0.811. The van der Waals surface area contributed by atoms with Gasteiger partial charge in [-0.1, -0.05) is 33.1 Å². The highest BCUT2D eigenvalue weighted by Crippen LogP contribution is 2.30. The van der Waals surface area contributed by atoms with Gasteiger partial charge in [0, 0.05) is 17.6 Å². The van der Waals surface area contributed by atoms with E-state index in [1.54, 1.807) is 25.1 Å². The fourth-order valence-electron chi connectivity index (χ4n) is 3.03. The van der Waals surface area contributed by atoms with Gasteiger partial charge in [-0.25, -0.2) is 4.79 Å². The SMILES string of the molecule is CCCCC(CC)COC(=O)CCSc1cc(C(=O)OC)ccc1NC(=O)C(C)NC(C)=O. The maximum atomic E-state index is 12.4. The van der Waals surface area contributed by atoms with Crippen LogP contribution >= 0.6 is 11.8 Å². The van der Waals surface area contributed by atoms with E-state index in [2.05, 4.69) is 24.5 Å². The molecule has 9 heteroatoms. The third-order valence-electron chi connectivity index (χ3n) is 5.06. The highest BCUT2D eigenvalue weighted by Gasteiger charge is 2.18. The van der Waals surface area contributed by atoms with Gasteiger partial charge in [-0.15, -0.1) is 11.8 Å². The summed E-state index contributed by atoms with van der Waals surface area (Å²) in [6, 6.07) is 4.03. The van der Waals surface area contributed by atoms with Gasteiger partial charge in [0.2, 0.25) is 11.8 Å². The van der Waals surface area contributed by atoms with Gasteiger partial charge in [-0.3, -0.25) is 14.4 Å². The molecule has 1 aromatic rings. The van der Waals surface area contributed by atoms with Crippen LogP contribution in [0.5, 0.6) is 0 Å². The molecule has 8 nitrogen and oxygen atoms in total. The fourth-order valence-corrected chi connectivity index (χ4v) is 4.00. The van der Waals surface area contributed by atoms with Crippen LogP contribution in [-0.2, 0) is 23.9 Å². The van der Waals surface area contributed by atoms with Crippen molar-refractivity contribution in [1.82, 2.24) is 5.32 Å². The lowest BCUT2D eigenvalue weighted by Crippen LogP contribution is -2.40. The number of carbonyl (C=O) groups excluding carboxylic acids is 4. The molecule has 1 rings (SSSR count). The maximum Gasteiger partial charge on any atom is 0.337 e. The molecule has 0 saturated heterocycles. The van der Waals surface area contributed by atoms with E-state index in [0.717, 1.165) is 25.7 Å². The molecule has 0 saturated carbocycles. The van der Waals surface area contributed by atoms with Crippen LogP contribution in [0.1, 0.15) is 70.2 Å². The molecule has 2 amide bonds. The first kappa shape index (κ1) is 28.5. The summed E-state index contributed by atoms with van der Waals surface area (Å²) < 4.78 is 10.2. The number of methoxy groups -OCH3 is 1. The highest BCUT2D eigenvalue weighted by atomic mass is 32.2. The number of esters is 2. The Balaban J connectivity index is 2.77. The maximum absolute atomic E-state index is 12.4. The molecule has 0 radical (unpaired) electrons. The molecule has 0 heterocycles. The number of anilines is 1. The number of hydrogen-bond acceptors (Lipinski definition) is 7. The minimum Gasteiger partial charge on any atom is -0.465 e. The number of hydrogen-bond donors (Lipinski definition) is 2. The molecule has 1 aromatic carbocycles. The molecule has 33 heavy (non-hydrogen) atoms. The van der Waals surface area contributed by atoms with E-state index in [1.165, 1.54) is 25.8 Å². The number of carbonyl (C=O) groups is 4. The summed E-state index contributed by atoms with van der Waals surface area (Å²) in [4.78, 5) is 48.3. The van der Waals surface area contributed by atoms with Crippen LogP contribution < -0.4 is 10.6 Å². The number of thioether (sulfide) groups is 1. The molecule has 2 N–H and O–H groups in total. The summed E-state index contributed by atoms with van der Waals surface area (Å²) in [6.07, 6.45) is 4.47. The van der Waals surface area contributed by atoms with Gasteiger partial charge >= 0.3 is 11.9 Å². The average molecular weight is 481 g/mol. The topological polar surface area (TPSA) is 111 Å². The van der Waals surface area contributed by atoms with Gasteiger partial charge in [0.25, 0.3) is 0 Å². The number of amides is 2. The zero-order valence-corrected chi connectivity index (χ0v) is 21.0. The molecule has 0 aliphatic carbocycles. The Bertz CT molecular complexity index is 814. The van der Waals surface area contributed by atoms with Crippen LogP contribution in [0, 0.1) is 5.92 Å². The largest absolute Gasteiger partial charge is 0.465 e. The van der Waals surface area contributed by atoms with Crippen LogP contribution in [-0.4, -0.2) is 49.3 Å². The summed E-state index contributed by atoms with van der Waals surface area (Å²) in [5, 5.41) is 5.29. The number of nitrogens with one attached hydrogen (secondary N) is 2. The molecule has 2 atom stereocenters. The number of rotatable bonds is 14. The van der Waals surface area contributed by atoms with Gasteiger partial charge in [0.1, 0.15) is 6.04 Å². The number of benzene rings is 1. The lowest BCUT2D eigenvalue weighted by atomic mass is 10.0. The van der Waals surface area contributed by atoms with Gasteiger partial charge in [0.15, 0.2) is 0 Å². The molecule has 2 unspecified atom stereocenters. The Labute approximate surface area is 200 Å². The Morgan fingerprint density at radius 1 is 1.15 bits per heavy atom. The van der Waals surface area contributed by atoms with Crippen molar-refractivity contribution in [1.29, 1.82) is 0 Å². The van der Waals surface area contributed by atoms with Crippen LogP contribution in [0.15, 0.2) is 23.1 Å². The van der Waals surface area contributed by atoms with Crippen molar-refractivity contribution in [2.75, 3.05) is 24.8 Å². The number of unbranched alkanes of at least 4 members (excludes halogenated alkanes) is 1. The predicted molar refractivity (Wildman–Crippen MR) is 129 cm³/mol. The van der Waals surface area contributed by atoms with Gasteiger partial charge < -0.3 is 20.1 Å². The van der Waals surface area contributed by atoms with Crippen LogP contribution in [0.4, 0.5) is 5.69 Å². The third kappa shape index (κ3) is 10.7. The van der Waals surface area contributed by atoms with Crippen LogP contribution in [0.25, 0.3) is 0 Å². The molecule has 0 aromatic heterocycles. The summed E-state index contributed by atoms with van der Waals surface area (Å²) >= 11 is 1.33. The van der Waals surface area contributed by atoms with Crippen LogP contribution in [0.2, 0.25) is 0 Å². The molecule has 184 valence electrons. The number of ether oxygens (including phenoxy) is 2. The van der Waals surface area contributed by atoms with E-state index >= 15 is 0 Å². The minimum absolute atomic E-state index is 0.201. The summed E-state index contributed by atoms with van der Waals surface area (Å²) in [6.45, 7) is 7.58. The molecular formula is C24H36N2O6S. The standard InChI is InChI=1S/C24H36N2O6S/c1-6-8-9-18(7-2)15-32-22(28)12-13-33-21-14-19(24(30)31-5)10-11-20(21)26-23(29)16(3)25-17(4)27/h10-11,14,16,18H,6-9,12-13,15H2,1-5H3,(H,25,27)(H,26,29). The zero-order valence-electron chi connectivity index (χ0n) is 20.2. The quantitative estimate of drug-likeness (QED) is 0.304. The Morgan fingerprint density at radius 2 is 1.88 bits per heavy atom. The second-order valence-electron chi connectivity index (χ2n) is 7.81. The highest BCUT2D eigenvalue weighted by molar-refractivity contribution is 7.99. The van der Waals surface area contributed by atoms with E-state index in [9.17, 15) is 19.2 Å². The first-order valence-corrected chi connectivity index (χ1v) is 12.3. The Kier molecular flexibility index (Phi) is 13.2. The van der Waals surface area contributed by atoms with Crippen molar-refractivity contribution in [3.8, 4) is 0 Å². The normalized spacial score (nSPS) is 12.4. The van der Waals surface area contributed by atoms with E-state index in [0.29, 0.717) is 34.4 Å². The van der Waals surface area contributed by atoms with Crippen molar-refractivity contribution in [3.63, 3.8) is 0 Å². The molecular weight excluding hydrogens is 444 g/mol. The van der Waals surface area contributed by atoms with Crippen LogP contribution in [0.3, 0.4) is 0 Å². The molecule has 0 bridgehead atoms. The van der Waals surface area contributed by atoms with E-state index < -0.39 is 17.9 Å². The van der Waals surface area contributed by atoms with Crippen molar-refractivity contribution in [2.24, 2.45) is 5.92 Å². The van der Waals surface area contributed by atoms with E-state index in [4.69, 9.17) is 9.47 Å². The predicted octanol–water partition coefficient (Wildman–Crippen LogP) is 4.18. The fraction of sp³-hybridized carbons (Fsp3) is 0.583. The van der Waals surface area contributed by atoms with Crippen molar-refractivity contribution in [3.05, 3.63) is 23.8 Å². The van der Waals surface area contributed by atoms with E-state index in [-0.39, 0.29) is 18.3 Å². The summed E-state index contributed by atoms with van der Waals surface area (Å²) in [7, 11) is 1.29. The van der Waals surface area contributed by atoms with Crippen molar-refractivity contribution >= 4 is 41.2 Å². The Morgan fingerprint density at radius 3 is 2.48 bits per heavy atom. The van der Waals surface area contributed by atoms with Gasteiger partial charge in [-0.2, -0.15) is 0 Å². The molecule has 0 fully saturated rings. The van der Waals surface area contributed by atoms with E-state index in [1.807, 2.05) is 0 Å². The minimum atomic E-state index is -0.727. The third-order valence-corrected chi connectivity index (χ3v) is 6.12. The second-order valence-corrected chi connectivity index (χ2v) is 8.95. The van der Waals surface area contributed by atoms with Gasteiger partial charge in [-0.05, 0) is 37.5 Å². The summed E-state index contributed by atoms with van der Waals surface area (Å²) in [5.74, 6) is -0.684. The molecule has 0 aliphatic heterocycles. The van der Waals surface area contributed by atoms with Crippen molar-refractivity contribution < 1.29 is 28.7 Å². The Hall–Kier alpha value is -2.55. The molecule has 0 spiro atoms. The average Bonchev–Trinajstić information content (AvgIpc) is 2.79. The lowest BCUT2D eigenvalue weighted by molar-refractivity contribution is -0.144. The first-order chi connectivity index (χ1) is 15.7. The first-order valence-electron chi connectivity index (χ1n) is 11.3. The van der Waals surface area contributed by atoms with Gasteiger partial charge in [0.05, 0.1) is 31.4 Å². The lowest BCUT2D eigenvalue weighted by Gasteiger charge is -2.16.